The van der Waals surface area contributed by atoms with E-state index in [0.29, 0.717) is 0 Å². The SMILES string of the molecule is CC(C)(C)[C@@H](N[S@](=O)C(C)(C)C)c1ccccc1P(c1ccccc1)c1ccccc1. The lowest BCUT2D eigenvalue weighted by Gasteiger charge is -2.36. The first-order chi connectivity index (χ1) is 14.6. The van der Waals surface area contributed by atoms with Gasteiger partial charge in [-0.3, -0.25) is 0 Å². The second-order valence-electron chi connectivity index (χ2n) is 9.86. The van der Waals surface area contributed by atoms with Crippen molar-refractivity contribution in [2.75, 3.05) is 0 Å². The van der Waals surface area contributed by atoms with Crippen molar-refractivity contribution in [2.45, 2.75) is 52.3 Å². The van der Waals surface area contributed by atoms with E-state index in [-0.39, 0.29) is 16.2 Å². The molecule has 3 aromatic carbocycles. The van der Waals surface area contributed by atoms with Crippen LogP contribution in [0.3, 0.4) is 0 Å². The van der Waals surface area contributed by atoms with Crippen LogP contribution in [-0.2, 0) is 11.0 Å². The lowest BCUT2D eigenvalue weighted by atomic mass is 9.83. The molecule has 3 aromatic rings. The Bertz CT molecular complexity index is 967. The van der Waals surface area contributed by atoms with Gasteiger partial charge in [0.2, 0.25) is 0 Å². The molecule has 0 bridgehead atoms. The zero-order chi connectivity index (χ0) is 22.6. The Morgan fingerprint density at radius 2 is 1.16 bits per heavy atom. The van der Waals surface area contributed by atoms with E-state index in [9.17, 15) is 4.21 Å². The fourth-order valence-electron chi connectivity index (χ4n) is 3.51. The summed E-state index contributed by atoms with van der Waals surface area (Å²) in [4.78, 5) is 0. The topological polar surface area (TPSA) is 29.1 Å². The summed E-state index contributed by atoms with van der Waals surface area (Å²) in [6.45, 7) is 12.7. The van der Waals surface area contributed by atoms with E-state index in [0.717, 1.165) is 0 Å². The minimum atomic E-state index is -1.17. The van der Waals surface area contributed by atoms with E-state index in [4.69, 9.17) is 0 Å². The highest BCUT2D eigenvalue weighted by atomic mass is 32.2. The normalized spacial score (nSPS) is 14.4. The Hall–Kier alpha value is -1.80. The van der Waals surface area contributed by atoms with Gasteiger partial charge in [-0.05, 0) is 55.6 Å². The van der Waals surface area contributed by atoms with Crippen molar-refractivity contribution in [3.63, 3.8) is 0 Å². The molecule has 0 aliphatic carbocycles. The molecule has 2 nitrogen and oxygen atoms in total. The second kappa shape index (κ2) is 9.77. The Morgan fingerprint density at radius 1 is 0.710 bits per heavy atom. The molecule has 164 valence electrons. The quantitative estimate of drug-likeness (QED) is 0.487. The highest BCUT2D eigenvalue weighted by Gasteiger charge is 2.34. The highest BCUT2D eigenvalue weighted by Crippen LogP contribution is 2.40. The van der Waals surface area contributed by atoms with Gasteiger partial charge in [0.05, 0.1) is 15.7 Å². The monoisotopic (exact) mass is 451 g/mol. The second-order valence-corrected chi connectivity index (χ2v) is 14.0. The molecule has 1 N–H and O–H groups in total. The molecule has 0 aliphatic rings. The Morgan fingerprint density at radius 3 is 1.61 bits per heavy atom. The van der Waals surface area contributed by atoms with E-state index < -0.39 is 18.9 Å². The molecule has 0 heterocycles. The smallest absolute Gasteiger partial charge is 0.0976 e. The third-order valence-corrected chi connectivity index (χ3v) is 9.24. The lowest BCUT2D eigenvalue weighted by Crippen LogP contribution is -2.42. The summed E-state index contributed by atoms with van der Waals surface area (Å²) in [6, 6.07) is 30.1. The summed E-state index contributed by atoms with van der Waals surface area (Å²) < 4.78 is 16.3. The van der Waals surface area contributed by atoms with Crippen LogP contribution in [0, 0.1) is 5.41 Å². The molecular weight excluding hydrogens is 417 g/mol. The van der Waals surface area contributed by atoms with Gasteiger partial charge in [-0.15, -0.1) is 0 Å². The van der Waals surface area contributed by atoms with Gasteiger partial charge in [0, 0.05) is 6.04 Å². The maximum absolute atomic E-state index is 13.1. The Balaban J connectivity index is 2.18. The standard InChI is InChI=1S/C27H34NOPS/c1-26(2,3)25(28-31(29)27(4,5)6)23-19-13-14-20-24(23)30(21-15-9-7-10-16-21)22-17-11-8-12-18-22/h7-20,25,28H,1-6H3/t25-,31+/m0/s1. The van der Waals surface area contributed by atoms with E-state index in [1.54, 1.807) is 0 Å². The van der Waals surface area contributed by atoms with Crippen molar-refractivity contribution in [1.82, 2.24) is 4.72 Å². The largest absolute Gasteiger partial charge is 0.242 e. The van der Waals surface area contributed by atoms with E-state index in [1.165, 1.54) is 21.5 Å². The van der Waals surface area contributed by atoms with Gasteiger partial charge in [-0.1, -0.05) is 106 Å². The molecule has 4 heteroatoms. The maximum Gasteiger partial charge on any atom is 0.0976 e. The van der Waals surface area contributed by atoms with E-state index >= 15 is 0 Å². The Kier molecular flexibility index (Phi) is 7.52. The molecule has 31 heavy (non-hydrogen) atoms. The molecule has 0 saturated heterocycles. The number of hydrogen-bond donors (Lipinski definition) is 1. The van der Waals surface area contributed by atoms with Crippen molar-refractivity contribution in [2.24, 2.45) is 5.41 Å². The van der Waals surface area contributed by atoms with E-state index in [1.807, 2.05) is 20.8 Å². The van der Waals surface area contributed by atoms with Crippen molar-refractivity contribution in [3.8, 4) is 0 Å². The lowest BCUT2D eigenvalue weighted by molar-refractivity contribution is 0.308. The summed E-state index contributed by atoms with van der Waals surface area (Å²) in [5.41, 5.74) is 1.12. The molecule has 0 fully saturated rings. The first kappa shape index (κ1) is 23.9. The van der Waals surface area contributed by atoms with Crippen LogP contribution in [-0.4, -0.2) is 8.96 Å². The molecule has 3 rings (SSSR count). The molecule has 0 unspecified atom stereocenters. The molecule has 0 aliphatic heterocycles. The molecular formula is C27H34NOPS. The van der Waals surface area contributed by atoms with Gasteiger partial charge >= 0.3 is 0 Å². The summed E-state index contributed by atoms with van der Waals surface area (Å²) in [6.07, 6.45) is 0. The van der Waals surface area contributed by atoms with Crippen LogP contribution in [0.4, 0.5) is 0 Å². The minimum absolute atomic E-state index is 0.0406. The van der Waals surface area contributed by atoms with Crippen LogP contribution in [0.15, 0.2) is 84.9 Å². The molecule has 0 aromatic heterocycles. The van der Waals surface area contributed by atoms with Crippen molar-refractivity contribution < 1.29 is 4.21 Å². The average molecular weight is 452 g/mol. The van der Waals surface area contributed by atoms with Crippen LogP contribution < -0.4 is 20.6 Å². The van der Waals surface area contributed by atoms with Crippen LogP contribution in [0.1, 0.15) is 53.1 Å². The number of rotatable bonds is 6. The molecule has 0 saturated carbocycles. The summed E-state index contributed by atoms with van der Waals surface area (Å²) >= 11 is 0. The fourth-order valence-corrected chi connectivity index (χ4v) is 7.05. The molecule has 0 amide bonds. The predicted octanol–water partition coefficient (Wildman–Crippen LogP) is 5.58. The number of hydrogen-bond acceptors (Lipinski definition) is 1. The van der Waals surface area contributed by atoms with Gasteiger partial charge < -0.3 is 0 Å². The first-order valence-electron chi connectivity index (χ1n) is 10.8. The number of benzene rings is 3. The van der Waals surface area contributed by atoms with Crippen molar-refractivity contribution in [1.29, 1.82) is 0 Å². The van der Waals surface area contributed by atoms with Gasteiger partial charge in [-0.2, -0.15) is 0 Å². The van der Waals surface area contributed by atoms with Crippen LogP contribution in [0.5, 0.6) is 0 Å². The maximum atomic E-state index is 13.1. The van der Waals surface area contributed by atoms with Gasteiger partial charge in [0.25, 0.3) is 0 Å². The van der Waals surface area contributed by atoms with E-state index in [2.05, 4.69) is 110 Å². The van der Waals surface area contributed by atoms with Gasteiger partial charge in [0.1, 0.15) is 0 Å². The van der Waals surface area contributed by atoms with Crippen molar-refractivity contribution >= 4 is 34.8 Å². The van der Waals surface area contributed by atoms with Crippen LogP contribution in [0.25, 0.3) is 0 Å². The third-order valence-electron chi connectivity index (χ3n) is 5.16. The van der Waals surface area contributed by atoms with Gasteiger partial charge in [-0.25, -0.2) is 8.93 Å². The van der Waals surface area contributed by atoms with Crippen LogP contribution >= 0.6 is 7.92 Å². The zero-order valence-electron chi connectivity index (χ0n) is 19.4. The molecule has 2 atom stereocenters. The zero-order valence-corrected chi connectivity index (χ0v) is 21.1. The van der Waals surface area contributed by atoms with Crippen molar-refractivity contribution in [3.05, 3.63) is 90.5 Å². The molecule has 0 spiro atoms. The summed E-state index contributed by atoms with van der Waals surface area (Å²) in [7, 11) is -1.91. The molecule has 0 radical (unpaired) electrons. The third kappa shape index (κ3) is 5.92. The average Bonchev–Trinajstić information content (AvgIpc) is 2.73. The first-order valence-corrected chi connectivity index (χ1v) is 13.3. The summed E-state index contributed by atoms with van der Waals surface area (Å²) in [5, 5.41) is 3.95. The van der Waals surface area contributed by atoms with Crippen LogP contribution in [0.2, 0.25) is 0 Å². The fraction of sp³-hybridized carbons (Fsp3) is 0.333. The summed E-state index contributed by atoms with van der Waals surface area (Å²) in [5.74, 6) is 0. The Labute approximate surface area is 191 Å². The van der Waals surface area contributed by atoms with Gasteiger partial charge in [0.15, 0.2) is 0 Å². The number of nitrogens with one attached hydrogen (secondary N) is 1. The predicted molar refractivity (Wildman–Crippen MR) is 138 cm³/mol. The highest BCUT2D eigenvalue weighted by molar-refractivity contribution is 7.84. The minimum Gasteiger partial charge on any atom is -0.242 e.